The maximum absolute atomic E-state index is 13.1. The number of fused-ring (bicyclic) bond motifs is 3. The summed E-state index contributed by atoms with van der Waals surface area (Å²) in [7, 11) is 0. The Morgan fingerprint density at radius 2 is 2.06 bits per heavy atom. The van der Waals surface area contributed by atoms with Crippen LogP contribution in [-0.4, -0.2) is 43.2 Å². The zero-order valence-electron chi connectivity index (χ0n) is 19.0. The number of ether oxygens (including phenoxy) is 2. The van der Waals surface area contributed by atoms with E-state index in [1.807, 2.05) is 6.20 Å². The molecule has 3 aromatic heterocycles. The number of aromatic nitrogens is 4. The van der Waals surface area contributed by atoms with Crippen LogP contribution in [0, 0.1) is 0 Å². The van der Waals surface area contributed by atoms with E-state index in [1.54, 1.807) is 18.2 Å². The normalized spacial score (nSPS) is 23.9. The summed E-state index contributed by atoms with van der Waals surface area (Å²) in [5.74, 6) is -0.296. The maximum atomic E-state index is 13.1. The predicted molar refractivity (Wildman–Crippen MR) is 119 cm³/mol. The molecule has 2 fully saturated rings. The molecule has 0 spiro atoms. The first-order valence-corrected chi connectivity index (χ1v) is 11.1. The van der Waals surface area contributed by atoms with Gasteiger partial charge in [0, 0.05) is 24.0 Å². The van der Waals surface area contributed by atoms with Crippen molar-refractivity contribution in [3.8, 4) is 5.88 Å². The lowest BCUT2D eigenvalue weighted by Gasteiger charge is -2.24. The van der Waals surface area contributed by atoms with Gasteiger partial charge >= 0.3 is 6.55 Å². The molecule has 4 heterocycles. The molecule has 34 heavy (non-hydrogen) atoms. The average Bonchev–Trinajstić information content (AvgIpc) is 3.44. The minimum atomic E-state index is -3.03. The van der Waals surface area contributed by atoms with Crippen LogP contribution in [0.15, 0.2) is 35.5 Å². The highest BCUT2D eigenvalue weighted by Crippen LogP contribution is 2.53. The van der Waals surface area contributed by atoms with Gasteiger partial charge in [-0.1, -0.05) is 0 Å². The van der Waals surface area contributed by atoms with Gasteiger partial charge in [-0.2, -0.15) is 13.8 Å². The minimum Gasteiger partial charge on any atom is -0.474 e. The molecule has 1 saturated carbocycles. The Bertz CT molecular complexity index is 1320. The van der Waals surface area contributed by atoms with Crippen LogP contribution >= 0.6 is 0 Å². The second-order valence-corrected chi connectivity index (χ2v) is 9.52. The van der Waals surface area contributed by atoms with Crippen LogP contribution in [0.4, 0.5) is 14.5 Å². The Labute approximate surface area is 193 Å². The first kappa shape index (κ1) is 22.5. The van der Waals surface area contributed by atoms with Crippen LogP contribution in [0.3, 0.4) is 0 Å². The zero-order chi connectivity index (χ0) is 24.3. The van der Waals surface area contributed by atoms with E-state index in [9.17, 15) is 18.4 Å². The summed E-state index contributed by atoms with van der Waals surface area (Å²) in [5.41, 5.74) is -0.719. The molecular weight excluding hydrogens is 448 g/mol. The van der Waals surface area contributed by atoms with Crippen LogP contribution in [0.1, 0.15) is 62.6 Å². The van der Waals surface area contributed by atoms with E-state index in [4.69, 9.17) is 14.5 Å². The highest BCUT2D eigenvalue weighted by atomic mass is 19.3. The lowest BCUT2D eigenvalue weighted by Crippen LogP contribution is -2.26. The molecule has 5 rings (SSSR count). The molecule has 1 N–H and O–H groups in total. The summed E-state index contributed by atoms with van der Waals surface area (Å²) >= 11 is 0. The summed E-state index contributed by atoms with van der Waals surface area (Å²) in [5, 5.41) is 2.41. The number of halogens is 2. The summed E-state index contributed by atoms with van der Waals surface area (Å²) in [4.78, 5) is 34.6. The van der Waals surface area contributed by atoms with Gasteiger partial charge in [0.25, 0.3) is 11.5 Å². The van der Waals surface area contributed by atoms with E-state index in [2.05, 4.69) is 17.2 Å². The molecule has 1 aliphatic carbocycles. The average molecular weight is 473 g/mol. The SMILES string of the molecule is CC(C)Oc1nc2nc([C@@]34CC[C@@](C)(C3)OC4)cn2cc1C(=O)Nc1cccn(C(F)F)c1=O. The third-order valence-corrected chi connectivity index (χ3v) is 6.52. The molecule has 180 valence electrons. The predicted octanol–water partition coefficient (Wildman–Crippen LogP) is 3.54. The molecule has 3 aromatic rings. The standard InChI is InChI=1S/C23H25F2N5O4/c1-13(2)34-18-14(17(31)26-15-5-4-8-30(19(15)32)20(24)25)9-29-10-16(27-21(29)28-18)23-7-6-22(3,11-23)33-12-23/h4-5,8-10,13,20H,6-7,11-12H2,1-3H3,(H,26,31)/t22-,23-/m0/s1. The van der Waals surface area contributed by atoms with Crippen LogP contribution in [0.2, 0.25) is 0 Å². The Kier molecular flexibility index (Phi) is 5.19. The first-order valence-electron chi connectivity index (χ1n) is 11.1. The number of hydrogen-bond donors (Lipinski definition) is 1. The Hall–Kier alpha value is -3.34. The third kappa shape index (κ3) is 3.73. The van der Waals surface area contributed by atoms with E-state index in [1.165, 1.54) is 18.3 Å². The van der Waals surface area contributed by atoms with Crippen molar-refractivity contribution < 1.29 is 23.0 Å². The lowest BCUT2D eigenvalue weighted by molar-refractivity contribution is -0.00627. The van der Waals surface area contributed by atoms with Crippen molar-refractivity contribution in [2.24, 2.45) is 0 Å². The highest BCUT2D eigenvalue weighted by Gasteiger charge is 2.55. The molecular formula is C23H25F2N5O4. The number of anilines is 1. The van der Waals surface area contributed by atoms with E-state index in [0.29, 0.717) is 12.4 Å². The third-order valence-electron chi connectivity index (χ3n) is 6.52. The van der Waals surface area contributed by atoms with Gasteiger partial charge in [0.05, 0.1) is 24.0 Å². The number of imidazole rings is 1. The van der Waals surface area contributed by atoms with Crippen LogP contribution in [-0.2, 0) is 10.2 Å². The van der Waals surface area contributed by atoms with Crippen molar-refractivity contribution in [2.75, 3.05) is 11.9 Å². The van der Waals surface area contributed by atoms with Gasteiger partial charge in [-0.25, -0.2) is 4.98 Å². The fourth-order valence-corrected chi connectivity index (χ4v) is 4.83. The number of nitrogens with zero attached hydrogens (tertiary/aromatic N) is 4. The van der Waals surface area contributed by atoms with E-state index < -0.39 is 18.0 Å². The Morgan fingerprint density at radius 3 is 2.68 bits per heavy atom. The first-order chi connectivity index (χ1) is 16.1. The molecule has 1 saturated heterocycles. The van der Waals surface area contributed by atoms with Gasteiger partial charge in [-0.3, -0.25) is 18.6 Å². The van der Waals surface area contributed by atoms with E-state index in [-0.39, 0.29) is 38.8 Å². The number of alkyl halides is 2. The smallest absolute Gasteiger partial charge is 0.321 e. The molecule has 2 atom stereocenters. The number of rotatable bonds is 6. The summed E-state index contributed by atoms with van der Waals surface area (Å²) < 4.78 is 39.8. The van der Waals surface area contributed by atoms with Gasteiger partial charge in [0.15, 0.2) is 0 Å². The molecule has 0 radical (unpaired) electrons. The van der Waals surface area contributed by atoms with E-state index >= 15 is 0 Å². The Balaban J connectivity index is 1.53. The topological polar surface area (TPSA) is 99.8 Å². The van der Waals surface area contributed by atoms with Crippen molar-refractivity contribution in [1.29, 1.82) is 0 Å². The Morgan fingerprint density at radius 1 is 1.26 bits per heavy atom. The molecule has 1 aliphatic heterocycles. The van der Waals surface area contributed by atoms with Crippen molar-refractivity contribution in [3.63, 3.8) is 0 Å². The quantitative estimate of drug-likeness (QED) is 0.588. The minimum absolute atomic E-state index is 0.0405. The van der Waals surface area contributed by atoms with Crippen molar-refractivity contribution in [3.05, 3.63) is 52.3 Å². The summed E-state index contributed by atoms with van der Waals surface area (Å²) in [6.07, 6.45) is 6.82. The molecule has 0 aromatic carbocycles. The van der Waals surface area contributed by atoms with E-state index in [0.717, 1.165) is 31.2 Å². The lowest BCUT2D eigenvalue weighted by atomic mass is 9.84. The van der Waals surface area contributed by atoms with Gasteiger partial charge < -0.3 is 14.8 Å². The number of nitrogens with one attached hydrogen (secondary N) is 1. The fourth-order valence-electron chi connectivity index (χ4n) is 4.83. The number of carbonyl (C=O) groups is 1. The molecule has 1 amide bonds. The summed E-state index contributed by atoms with van der Waals surface area (Å²) in [6.45, 7) is 3.25. The molecule has 2 bridgehead atoms. The number of hydrogen-bond acceptors (Lipinski definition) is 6. The molecule has 11 heteroatoms. The molecule has 9 nitrogen and oxygen atoms in total. The van der Waals surface area contributed by atoms with Crippen LogP contribution in [0.5, 0.6) is 5.88 Å². The monoisotopic (exact) mass is 473 g/mol. The van der Waals surface area contributed by atoms with Gasteiger partial charge in [0.1, 0.15) is 11.3 Å². The fraction of sp³-hybridized carbons (Fsp3) is 0.478. The zero-order valence-corrected chi connectivity index (χ0v) is 19.0. The number of carbonyl (C=O) groups excluding carboxylic acids is 1. The van der Waals surface area contributed by atoms with Crippen molar-refractivity contribution >= 4 is 17.4 Å². The van der Waals surface area contributed by atoms with Crippen molar-refractivity contribution in [1.82, 2.24) is 18.9 Å². The molecule has 2 aliphatic rings. The number of pyridine rings is 1. The van der Waals surface area contributed by atoms with Gasteiger partial charge in [0.2, 0.25) is 11.7 Å². The van der Waals surface area contributed by atoms with Gasteiger partial charge in [-0.05, 0) is 52.2 Å². The second kappa shape index (κ2) is 7.86. The van der Waals surface area contributed by atoms with Crippen LogP contribution < -0.4 is 15.6 Å². The van der Waals surface area contributed by atoms with Crippen molar-refractivity contribution in [2.45, 2.75) is 63.7 Å². The summed E-state index contributed by atoms with van der Waals surface area (Å²) in [6, 6.07) is 2.52. The maximum Gasteiger partial charge on any atom is 0.321 e. The van der Waals surface area contributed by atoms with Crippen LogP contribution in [0.25, 0.3) is 5.78 Å². The number of amides is 1. The molecule has 0 unspecified atom stereocenters. The second-order valence-electron chi connectivity index (χ2n) is 9.52. The highest BCUT2D eigenvalue weighted by molar-refractivity contribution is 6.05. The largest absolute Gasteiger partial charge is 0.474 e. The van der Waals surface area contributed by atoms with Gasteiger partial charge in [-0.15, -0.1) is 0 Å².